The summed E-state index contributed by atoms with van der Waals surface area (Å²) in [7, 11) is 3.25. The van der Waals surface area contributed by atoms with Crippen molar-refractivity contribution >= 4 is 11.8 Å². The van der Waals surface area contributed by atoms with Crippen molar-refractivity contribution in [2.75, 3.05) is 47.1 Å². The van der Waals surface area contributed by atoms with E-state index in [1.54, 1.807) is 44.2 Å². The lowest BCUT2D eigenvalue weighted by Gasteiger charge is -2.36. The summed E-state index contributed by atoms with van der Waals surface area (Å²) in [6, 6.07) is 6.72. The van der Waals surface area contributed by atoms with Gasteiger partial charge >= 0.3 is 0 Å². The van der Waals surface area contributed by atoms with Crippen molar-refractivity contribution in [3.05, 3.63) is 70.3 Å². The van der Waals surface area contributed by atoms with Crippen LogP contribution in [-0.2, 0) is 15.9 Å². The Hall–Kier alpha value is -2.96. The first-order valence-electron chi connectivity index (χ1n) is 14.4. The summed E-state index contributed by atoms with van der Waals surface area (Å²) in [6.45, 7) is 3.81. The van der Waals surface area contributed by atoms with E-state index in [1.165, 1.54) is 12.1 Å². The molecule has 2 saturated heterocycles. The molecular formula is C31H43F2N3O6. The van der Waals surface area contributed by atoms with E-state index < -0.39 is 35.7 Å². The topological polar surface area (TPSA) is 120 Å². The van der Waals surface area contributed by atoms with Crippen molar-refractivity contribution in [1.82, 2.24) is 15.5 Å². The maximum atomic E-state index is 13.9. The van der Waals surface area contributed by atoms with Crippen LogP contribution in [0, 0.1) is 18.6 Å². The van der Waals surface area contributed by atoms with Crippen molar-refractivity contribution in [1.29, 1.82) is 0 Å². The standard InChI is InChI=1S/C29H37F2N3O5.C2H6O/c1-18-10-20(15-21(11-18)29(38)34-6-2-3-7-34)28(37)33-26(14-19-12-22(30)16-23(31)13-19)27(36)25-17-24(4-5-32-25)39-9-8-35;1-3-2/h10-13,15-16,24-27,32,35-36H,2-9,14,17H2,1H3,(H,33,37);1-2H3. The van der Waals surface area contributed by atoms with Gasteiger partial charge in [-0.2, -0.15) is 0 Å². The van der Waals surface area contributed by atoms with Crippen LogP contribution in [0.25, 0.3) is 0 Å². The molecule has 0 bridgehead atoms. The molecule has 2 aromatic carbocycles. The van der Waals surface area contributed by atoms with Crippen molar-refractivity contribution in [3.63, 3.8) is 0 Å². The zero-order valence-electron chi connectivity index (χ0n) is 24.6. The third-order valence-electron chi connectivity index (χ3n) is 7.33. The zero-order chi connectivity index (χ0) is 30.6. The van der Waals surface area contributed by atoms with E-state index in [0.717, 1.165) is 24.5 Å². The van der Waals surface area contributed by atoms with E-state index in [4.69, 9.17) is 9.84 Å². The van der Waals surface area contributed by atoms with E-state index in [0.29, 0.717) is 38.0 Å². The van der Waals surface area contributed by atoms with E-state index in [1.807, 2.05) is 0 Å². The fourth-order valence-electron chi connectivity index (χ4n) is 5.46. The molecule has 4 atom stereocenters. The highest BCUT2D eigenvalue weighted by Crippen LogP contribution is 2.21. The third kappa shape index (κ3) is 9.81. The van der Waals surface area contributed by atoms with Gasteiger partial charge in [0, 0.05) is 50.5 Å². The average molecular weight is 592 g/mol. The highest BCUT2D eigenvalue weighted by Gasteiger charge is 2.34. The molecule has 2 aromatic rings. The first kappa shape index (κ1) is 33.5. The molecule has 0 saturated carbocycles. The van der Waals surface area contributed by atoms with Gasteiger partial charge in [-0.25, -0.2) is 8.78 Å². The number of carbonyl (C=O) groups excluding carboxylic acids is 2. The number of rotatable bonds is 10. The lowest BCUT2D eigenvalue weighted by Crippen LogP contribution is -2.57. The average Bonchev–Trinajstić information content (AvgIpc) is 3.50. The molecule has 4 rings (SSSR count). The Bertz CT molecular complexity index is 1160. The Labute approximate surface area is 246 Å². The maximum Gasteiger partial charge on any atom is 0.253 e. The molecule has 42 heavy (non-hydrogen) atoms. The number of benzene rings is 2. The number of methoxy groups -OCH3 is 1. The van der Waals surface area contributed by atoms with Crippen LogP contribution in [-0.4, -0.2) is 98.3 Å². The lowest BCUT2D eigenvalue weighted by atomic mass is 9.90. The summed E-state index contributed by atoms with van der Waals surface area (Å²) in [5.41, 5.74) is 1.72. The summed E-state index contributed by atoms with van der Waals surface area (Å²) in [4.78, 5) is 28.2. The van der Waals surface area contributed by atoms with Crippen LogP contribution in [0.3, 0.4) is 0 Å². The Morgan fingerprint density at radius 1 is 1.07 bits per heavy atom. The first-order chi connectivity index (χ1) is 20.1. The number of halogens is 2. The Balaban J connectivity index is 0.00000155. The minimum Gasteiger partial charge on any atom is -0.394 e. The number of nitrogens with zero attached hydrogens (tertiary/aromatic N) is 1. The van der Waals surface area contributed by atoms with Crippen LogP contribution in [0.4, 0.5) is 8.78 Å². The van der Waals surface area contributed by atoms with E-state index in [2.05, 4.69) is 15.4 Å². The van der Waals surface area contributed by atoms with Gasteiger partial charge in [-0.05, 0) is 87.0 Å². The van der Waals surface area contributed by atoms with Gasteiger partial charge in [0.05, 0.1) is 31.5 Å². The molecule has 2 amide bonds. The van der Waals surface area contributed by atoms with E-state index in [9.17, 15) is 23.5 Å². The highest BCUT2D eigenvalue weighted by atomic mass is 19.1. The van der Waals surface area contributed by atoms with E-state index in [-0.39, 0.29) is 42.8 Å². The van der Waals surface area contributed by atoms with Crippen molar-refractivity contribution < 1.29 is 38.1 Å². The lowest BCUT2D eigenvalue weighted by molar-refractivity contribution is -0.0187. The second-order valence-electron chi connectivity index (χ2n) is 10.8. The number of likely N-dealkylation sites (tertiary alicyclic amines) is 1. The number of aryl methyl sites for hydroxylation is 1. The molecule has 4 unspecified atom stereocenters. The molecule has 4 N–H and O–H groups in total. The SMILES string of the molecule is COC.Cc1cc(C(=O)NC(Cc2cc(F)cc(F)c2)C(O)C2CC(OCCO)CCN2)cc(C(=O)N2CCCC2)c1. The van der Waals surface area contributed by atoms with Crippen molar-refractivity contribution in [3.8, 4) is 0 Å². The molecule has 11 heteroatoms. The number of piperidine rings is 1. The molecule has 0 aromatic heterocycles. The number of aliphatic hydroxyl groups is 2. The Morgan fingerprint density at radius 2 is 1.71 bits per heavy atom. The molecule has 2 heterocycles. The number of ether oxygens (including phenoxy) is 2. The maximum absolute atomic E-state index is 13.9. The Kier molecular flexibility index (Phi) is 13.3. The van der Waals surface area contributed by atoms with Gasteiger partial charge < -0.3 is 35.2 Å². The number of carbonyl (C=O) groups is 2. The van der Waals surface area contributed by atoms with Crippen molar-refractivity contribution in [2.45, 2.75) is 63.3 Å². The molecule has 232 valence electrons. The summed E-state index contributed by atoms with van der Waals surface area (Å²) in [6.07, 6.45) is 1.72. The van der Waals surface area contributed by atoms with Crippen LogP contribution in [0.1, 0.15) is 57.5 Å². The Morgan fingerprint density at radius 3 is 2.36 bits per heavy atom. The van der Waals surface area contributed by atoms with Gasteiger partial charge in [0.1, 0.15) is 11.6 Å². The molecule has 2 aliphatic rings. The number of aliphatic hydroxyl groups excluding tert-OH is 2. The molecule has 0 spiro atoms. The van der Waals surface area contributed by atoms with Gasteiger partial charge in [-0.15, -0.1) is 0 Å². The summed E-state index contributed by atoms with van der Waals surface area (Å²) in [5.74, 6) is -2.13. The summed E-state index contributed by atoms with van der Waals surface area (Å²) >= 11 is 0. The van der Waals surface area contributed by atoms with Crippen LogP contribution in [0.15, 0.2) is 36.4 Å². The normalized spacial score (nSPS) is 19.9. The molecule has 2 fully saturated rings. The third-order valence-corrected chi connectivity index (χ3v) is 7.33. The van der Waals surface area contributed by atoms with Crippen LogP contribution >= 0.6 is 0 Å². The van der Waals surface area contributed by atoms with Crippen LogP contribution in [0.2, 0.25) is 0 Å². The highest BCUT2D eigenvalue weighted by molar-refractivity contribution is 6.00. The molecule has 2 aliphatic heterocycles. The number of hydrogen-bond acceptors (Lipinski definition) is 7. The monoisotopic (exact) mass is 591 g/mol. The second-order valence-corrected chi connectivity index (χ2v) is 10.8. The smallest absolute Gasteiger partial charge is 0.253 e. The number of hydrogen-bond donors (Lipinski definition) is 4. The summed E-state index contributed by atoms with van der Waals surface area (Å²) in [5, 5.41) is 26.6. The van der Waals surface area contributed by atoms with Gasteiger partial charge in [0.2, 0.25) is 0 Å². The second kappa shape index (κ2) is 16.6. The quantitative estimate of drug-likeness (QED) is 0.335. The van der Waals surface area contributed by atoms with Gasteiger partial charge in [-0.3, -0.25) is 9.59 Å². The number of nitrogens with one attached hydrogen (secondary N) is 2. The largest absolute Gasteiger partial charge is 0.394 e. The fourth-order valence-corrected chi connectivity index (χ4v) is 5.46. The van der Waals surface area contributed by atoms with Gasteiger partial charge in [-0.1, -0.05) is 0 Å². The molecule has 0 aliphatic carbocycles. The minimum absolute atomic E-state index is 0.0205. The molecule has 0 radical (unpaired) electrons. The molecule has 9 nitrogen and oxygen atoms in total. The van der Waals surface area contributed by atoms with Gasteiger partial charge in [0.25, 0.3) is 11.8 Å². The predicted molar refractivity (Wildman–Crippen MR) is 154 cm³/mol. The first-order valence-corrected chi connectivity index (χ1v) is 14.4. The fraction of sp³-hybridized carbons (Fsp3) is 0.548. The van der Waals surface area contributed by atoms with Gasteiger partial charge in [0.15, 0.2) is 0 Å². The predicted octanol–water partition coefficient (Wildman–Crippen LogP) is 2.60. The minimum atomic E-state index is -1.11. The molecular weight excluding hydrogens is 548 g/mol. The van der Waals surface area contributed by atoms with Crippen LogP contribution < -0.4 is 10.6 Å². The number of amides is 2. The summed E-state index contributed by atoms with van der Waals surface area (Å²) < 4.78 is 37.8. The van der Waals surface area contributed by atoms with Crippen molar-refractivity contribution in [2.24, 2.45) is 0 Å². The zero-order valence-corrected chi connectivity index (χ0v) is 24.6. The van der Waals surface area contributed by atoms with Crippen LogP contribution in [0.5, 0.6) is 0 Å². The van der Waals surface area contributed by atoms with E-state index >= 15 is 0 Å².